The maximum absolute atomic E-state index is 13.7. The lowest BCUT2D eigenvalue weighted by Crippen LogP contribution is -2.13. The molecule has 3 aromatic rings. The van der Waals surface area contributed by atoms with E-state index in [0.29, 0.717) is 23.4 Å². The van der Waals surface area contributed by atoms with Crippen molar-refractivity contribution in [3.63, 3.8) is 0 Å². The van der Waals surface area contributed by atoms with Crippen molar-refractivity contribution < 1.29 is 9.18 Å². The van der Waals surface area contributed by atoms with Crippen LogP contribution in [0.1, 0.15) is 21.5 Å². The summed E-state index contributed by atoms with van der Waals surface area (Å²) in [4.78, 5) is 16.5. The summed E-state index contributed by atoms with van der Waals surface area (Å²) in [6, 6.07) is 15.8. The molecule has 0 aliphatic heterocycles. The van der Waals surface area contributed by atoms with Crippen LogP contribution >= 0.6 is 0 Å². The monoisotopic (exact) mass is 335 g/mol. The molecule has 0 bridgehead atoms. The van der Waals surface area contributed by atoms with Gasteiger partial charge in [-0.1, -0.05) is 36.4 Å². The molecule has 0 aliphatic carbocycles. The van der Waals surface area contributed by atoms with E-state index in [2.05, 4.69) is 15.6 Å². The van der Waals surface area contributed by atoms with Gasteiger partial charge >= 0.3 is 0 Å². The Morgan fingerprint density at radius 2 is 1.84 bits per heavy atom. The highest BCUT2D eigenvalue weighted by Crippen LogP contribution is 2.16. The summed E-state index contributed by atoms with van der Waals surface area (Å²) in [5.41, 5.74) is 3.38. The second-order valence-corrected chi connectivity index (χ2v) is 5.68. The minimum Gasteiger partial charge on any atom is -0.380 e. The molecule has 3 rings (SSSR count). The van der Waals surface area contributed by atoms with Crippen LogP contribution < -0.4 is 10.6 Å². The Morgan fingerprint density at radius 3 is 2.64 bits per heavy atom. The average Bonchev–Trinajstić information content (AvgIpc) is 2.63. The van der Waals surface area contributed by atoms with E-state index >= 15 is 0 Å². The number of carbonyl (C=O) groups is 1. The fourth-order valence-corrected chi connectivity index (χ4v) is 2.41. The molecule has 126 valence electrons. The molecule has 1 aromatic heterocycles. The first-order valence-electron chi connectivity index (χ1n) is 7.93. The number of aromatic nitrogens is 1. The second-order valence-electron chi connectivity index (χ2n) is 5.68. The predicted molar refractivity (Wildman–Crippen MR) is 97.1 cm³/mol. The van der Waals surface area contributed by atoms with Crippen LogP contribution in [0, 0.1) is 12.7 Å². The maximum Gasteiger partial charge on any atom is 0.257 e. The molecule has 0 atom stereocenters. The van der Waals surface area contributed by atoms with E-state index in [-0.39, 0.29) is 11.7 Å². The Hall–Kier alpha value is -3.21. The van der Waals surface area contributed by atoms with E-state index in [0.717, 1.165) is 11.3 Å². The summed E-state index contributed by atoms with van der Waals surface area (Å²) in [6.45, 7) is 2.25. The number of nitrogens with zero attached hydrogens (tertiary/aromatic N) is 1. The molecular weight excluding hydrogens is 317 g/mol. The first-order chi connectivity index (χ1) is 12.1. The van der Waals surface area contributed by atoms with Crippen molar-refractivity contribution in [3.8, 4) is 0 Å². The summed E-state index contributed by atoms with van der Waals surface area (Å²) in [7, 11) is 0. The van der Waals surface area contributed by atoms with Crippen LogP contribution in [0.2, 0.25) is 0 Å². The van der Waals surface area contributed by atoms with Gasteiger partial charge in [-0.15, -0.1) is 0 Å². The normalized spacial score (nSPS) is 10.3. The van der Waals surface area contributed by atoms with E-state index in [4.69, 9.17) is 0 Å². The smallest absolute Gasteiger partial charge is 0.257 e. The summed E-state index contributed by atoms with van der Waals surface area (Å²) >= 11 is 0. The van der Waals surface area contributed by atoms with E-state index in [1.165, 1.54) is 12.3 Å². The first kappa shape index (κ1) is 16.6. The summed E-state index contributed by atoms with van der Waals surface area (Å²) in [6.07, 6.45) is 3.10. The molecule has 0 unspecified atom stereocenters. The van der Waals surface area contributed by atoms with Crippen molar-refractivity contribution in [1.29, 1.82) is 0 Å². The Morgan fingerprint density at radius 1 is 1.08 bits per heavy atom. The average molecular weight is 335 g/mol. The number of anilines is 2. The third-order valence-corrected chi connectivity index (χ3v) is 3.83. The number of aryl methyl sites for hydroxylation is 1. The van der Waals surface area contributed by atoms with Gasteiger partial charge in [0.25, 0.3) is 5.91 Å². The number of hydrogen-bond donors (Lipinski definition) is 2. The predicted octanol–water partition coefficient (Wildman–Crippen LogP) is 4.39. The zero-order valence-electron chi connectivity index (χ0n) is 13.8. The second kappa shape index (κ2) is 7.57. The van der Waals surface area contributed by atoms with Gasteiger partial charge in [-0.05, 0) is 30.7 Å². The number of benzene rings is 2. The summed E-state index contributed by atoms with van der Waals surface area (Å²) in [5.74, 6) is -0.507. The first-order valence-corrected chi connectivity index (χ1v) is 7.93. The van der Waals surface area contributed by atoms with Crippen molar-refractivity contribution in [3.05, 3.63) is 89.5 Å². The van der Waals surface area contributed by atoms with Crippen LogP contribution in [0.5, 0.6) is 0 Å². The van der Waals surface area contributed by atoms with Gasteiger partial charge in [-0.2, -0.15) is 0 Å². The zero-order valence-corrected chi connectivity index (χ0v) is 13.8. The Balaban J connectivity index is 1.70. The molecule has 0 aliphatic rings. The zero-order chi connectivity index (χ0) is 17.6. The van der Waals surface area contributed by atoms with Crippen LogP contribution in [0.25, 0.3) is 0 Å². The quantitative estimate of drug-likeness (QED) is 0.727. The number of para-hydroxylation sites is 1. The molecule has 0 fully saturated rings. The van der Waals surface area contributed by atoms with Gasteiger partial charge < -0.3 is 10.6 Å². The van der Waals surface area contributed by atoms with E-state index in [1.54, 1.807) is 30.5 Å². The lowest BCUT2D eigenvalue weighted by molar-refractivity contribution is 0.102. The van der Waals surface area contributed by atoms with E-state index < -0.39 is 0 Å². The van der Waals surface area contributed by atoms with Crippen molar-refractivity contribution in [2.45, 2.75) is 13.5 Å². The topological polar surface area (TPSA) is 54.0 Å². The number of halogens is 1. The van der Waals surface area contributed by atoms with E-state index in [9.17, 15) is 9.18 Å². The molecule has 4 nitrogen and oxygen atoms in total. The number of amides is 1. The maximum atomic E-state index is 13.7. The largest absolute Gasteiger partial charge is 0.380 e. The van der Waals surface area contributed by atoms with Crippen molar-refractivity contribution in [2.24, 2.45) is 0 Å². The van der Waals surface area contributed by atoms with Gasteiger partial charge in [0.2, 0.25) is 0 Å². The molecule has 0 spiro atoms. The van der Waals surface area contributed by atoms with Gasteiger partial charge in [0.05, 0.1) is 11.3 Å². The van der Waals surface area contributed by atoms with Crippen molar-refractivity contribution in [2.75, 3.05) is 10.6 Å². The molecule has 1 heterocycles. The molecule has 5 heteroatoms. The van der Waals surface area contributed by atoms with E-state index in [1.807, 2.05) is 31.2 Å². The van der Waals surface area contributed by atoms with Crippen molar-refractivity contribution >= 4 is 17.3 Å². The van der Waals surface area contributed by atoms with Crippen LogP contribution in [0.15, 0.2) is 67.0 Å². The number of nitrogens with one attached hydrogen (secondary N) is 2. The number of rotatable bonds is 5. The number of hydrogen-bond acceptors (Lipinski definition) is 3. The minimum atomic E-state index is -0.267. The van der Waals surface area contributed by atoms with Gasteiger partial charge in [0, 0.05) is 30.2 Å². The summed E-state index contributed by atoms with van der Waals surface area (Å²) < 4.78 is 13.7. The Labute approximate surface area is 145 Å². The third-order valence-electron chi connectivity index (χ3n) is 3.83. The lowest BCUT2D eigenvalue weighted by atomic mass is 10.2. The molecule has 1 amide bonds. The fourth-order valence-electron chi connectivity index (χ4n) is 2.41. The van der Waals surface area contributed by atoms with Crippen LogP contribution in [0.3, 0.4) is 0 Å². The number of pyridine rings is 1. The number of carbonyl (C=O) groups excluding carboxylic acids is 1. The van der Waals surface area contributed by atoms with Gasteiger partial charge in [-0.25, -0.2) is 4.39 Å². The molecule has 0 saturated carbocycles. The highest BCUT2D eigenvalue weighted by molar-refractivity contribution is 6.04. The highest BCUT2D eigenvalue weighted by Gasteiger charge is 2.09. The van der Waals surface area contributed by atoms with Gasteiger partial charge in [0.15, 0.2) is 0 Å². The van der Waals surface area contributed by atoms with Gasteiger partial charge in [-0.3, -0.25) is 9.78 Å². The Kier molecular flexibility index (Phi) is 5.04. The SMILES string of the molecule is Cc1ccccc1NC(=O)c1cncc(NCc2ccccc2F)c1. The minimum absolute atomic E-state index is 0.239. The molecule has 2 aromatic carbocycles. The van der Waals surface area contributed by atoms with Crippen LogP contribution in [0.4, 0.5) is 15.8 Å². The highest BCUT2D eigenvalue weighted by atomic mass is 19.1. The lowest BCUT2D eigenvalue weighted by Gasteiger charge is -2.10. The molecule has 0 radical (unpaired) electrons. The molecule has 0 saturated heterocycles. The molecule has 2 N–H and O–H groups in total. The molecular formula is C20H18FN3O. The van der Waals surface area contributed by atoms with Crippen LogP contribution in [-0.4, -0.2) is 10.9 Å². The van der Waals surface area contributed by atoms with Gasteiger partial charge in [0.1, 0.15) is 5.82 Å². The van der Waals surface area contributed by atoms with Crippen molar-refractivity contribution in [1.82, 2.24) is 4.98 Å². The summed E-state index contributed by atoms with van der Waals surface area (Å²) in [5, 5.41) is 5.96. The Bertz CT molecular complexity index is 895. The van der Waals surface area contributed by atoms with Crippen LogP contribution in [-0.2, 0) is 6.54 Å². The fraction of sp³-hybridized carbons (Fsp3) is 0.100. The molecule has 25 heavy (non-hydrogen) atoms. The third kappa shape index (κ3) is 4.20. The standard InChI is InChI=1S/C20H18FN3O/c1-14-6-2-5-9-19(14)24-20(25)16-10-17(13-22-11-16)23-12-15-7-3-4-8-18(15)21/h2-11,13,23H,12H2,1H3,(H,24,25).